The summed E-state index contributed by atoms with van der Waals surface area (Å²) in [7, 11) is -3.72. The molecule has 1 fully saturated rings. The van der Waals surface area contributed by atoms with Gasteiger partial charge in [-0.1, -0.05) is 17.7 Å². The van der Waals surface area contributed by atoms with Crippen molar-refractivity contribution in [3.8, 4) is 0 Å². The number of H-pyrrole nitrogens is 1. The molecule has 10 nitrogen and oxygen atoms in total. The molecular formula is C25H22ClF3N8O2S2. The molecular weight excluding hydrogens is 601 g/mol. The van der Waals surface area contributed by atoms with Crippen molar-refractivity contribution in [1.82, 2.24) is 34.4 Å². The van der Waals surface area contributed by atoms with Crippen LogP contribution in [-0.2, 0) is 16.4 Å². The Kier molecular flexibility index (Phi) is 7.44. The van der Waals surface area contributed by atoms with Crippen LogP contribution in [0.3, 0.4) is 0 Å². The first-order valence-corrected chi connectivity index (χ1v) is 15.3. The van der Waals surface area contributed by atoms with Gasteiger partial charge in [-0.3, -0.25) is 4.99 Å². The van der Waals surface area contributed by atoms with Crippen molar-refractivity contribution in [2.45, 2.75) is 31.5 Å². The maximum absolute atomic E-state index is 14.0. The van der Waals surface area contributed by atoms with Crippen LogP contribution in [-0.4, -0.2) is 62.2 Å². The highest BCUT2D eigenvalue weighted by molar-refractivity contribution is 7.89. The maximum Gasteiger partial charge on any atom is 0.333 e. The molecule has 16 heteroatoms. The average molecular weight is 623 g/mol. The minimum Gasteiger partial charge on any atom is -0.349 e. The summed E-state index contributed by atoms with van der Waals surface area (Å²) in [6, 6.07) is 3.94. The zero-order chi connectivity index (χ0) is 28.7. The number of benzene rings is 1. The summed E-state index contributed by atoms with van der Waals surface area (Å²) < 4.78 is 70.3. The lowest BCUT2D eigenvalue weighted by molar-refractivity contribution is 0.0564. The molecule has 1 aromatic carbocycles. The van der Waals surface area contributed by atoms with Gasteiger partial charge in [0.1, 0.15) is 17.7 Å². The van der Waals surface area contributed by atoms with Gasteiger partial charge in [-0.05, 0) is 18.2 Å². The predicted molar refractivity (Wildman–Crippen MR) is 148 cm³/mol. The monoisotopic (exact) mass is 622 g/mol. The lowest BCUT2D eigenvalue weighted by Crippen LogP contribution is -2.40. The van der Waals surface area contributed by atoms with Crippen LogP contribution in [0.2, 0.25) is 5.02 Å². The van der Waals surface area contributed by atoms with E-state index >= 15 is 0 Å². The van der Waals surface area contributed by atoms with E-state index in [1.807, 2.05) is 4.90 Å². The Labute approximate surface area is 241 Å². The minimum absolute atomic E-state index is 0.102. The van der Waals surface area contributed by atoms with E-state index in [1.165, 1.54) is 29.5 Å². The van der Waals surface area contributed by atoms with E-state index in [2.05, 4.69) is 24.8 Å². The van der Waals surface area contributed by atoms with Crippen molar-refractivity contribution in [1.29, 1.82) is 0 Å². The molecule has 2 N–H and O–H groups in total. The third-order valence-electron chi connectivity index (χ3n) is 6.73. The summed E-state index contributed by atoms with van der Waals surface area (Å²) in [5.74, 6) is 0.301. The Balaban J connectivity index is 1.42. The van der Waals surface area contributed by atoms with Gasteiger partial charge in [0.05, 0.1) is 11.4 Å². The number of alkyl halides is 2. The van der Waals surface area contributed by atoms with E-state index in [9.17, 15) is 21.6 Å². The molecule has 0 amide bonds. The first-order chi connectivity index (χ1) is 19.7. The van der Waals surface area contributed by atoms with Crippen molar-refractivity contribution in [2.75, 3.05) is 12.3 Å². The maximum atomic E-state index is 14.0. The summed E-state index contributed by atoms with van der Waals surface area (Å²) in [6.45, 7) is -2.65. The fourth-order valence-corrected chi connectivity index (χ4v) is 7.17. The molecule has 3 aromatic heterocycles. The molecule has 2 aliphatic heterocycles. The number of fused-ring (bicyclic) bond motifs is 1. The van der Waals surface area contributed by atoms with Gasteiger partial charge in [-0.2, -0.15) is 13.9 Å². The quantitative estimate of drug-likeness (QED) is 0.285. The van der Waals surface area contributed by atoms with Gasteiger partial charge < -0.3 is 9.88 Å². The number of aryl methyl sites for hydroxylation is 1. The zero-order valence-electron chi connectivity index (χ0n) is 21.1. The fourth-order valence-electron chi connectivity index (χ4n) is 5.01. The fraction of sp³-hybridized carbons (Fsp3) is 0.280. The van der Waals surface area contributed by atoms with Gasteiger partial charge in [-0.15, -0.1) is 11.3 Å². The lowest BCUT2D eigenvalue weighted by atomic mass is 9.92. The van der Waals surface area contributed by atoms with E-state index in [4.69, 9.17) is 16.6 Å². The van der Waals surface area contributed by atoms with Crippen LogP contribution in [0.1, 0.15) is 41.1 Å². The van der Waals surface area contributed by atoms with E-state index in [0.29, 0.717) is 38.2 Å². The molecule has 1 saturated heterocycles. The smallest absolute Gasteiger partial charge is 0.333 e. The molecule has 0 spiro atoms. The Morgan fingerprint density at radius 2 is 2.07 bits per heavy atom. The molecule has 2 aliphatic rings. The largest absolute Gasteiger partial charge is 0.349 e. The summed E-state index contributed by atoms with van der Waals surface area (Å²) in [6.07, 6.45) is 6.38. The number of thiazole rings is 1. The van der Waals surface area contributed by atoms with Crippen LogP contribution in [0, 0.1) is 5.82 Å². The van der Waals surface area contributed by atoms with Gasteiger partial charge in [0, 0.05) is 77.5 Å². The number of nitrogens with zero attached hydrogens (tertiary/aromatic N) is 6. The summed E-state index contributed by atoms with van der Waals surface area (Å²) in [5.41, 5.74) is 1.77. The molecule has 0 saturated carbocycles. The molecule has 214 valence electrons. The standard InChI is InChI=1S/C25H22ClF3N8O2S2/c26-17-11-14(27)1-2-16(17)22-21(18-3-8-37(34-18)25(28)29)19-12-15(13-36(19)23(33-22)24-32-7-9-40-24)35-41(38,39)10-4-20-30-5-6-31-20/h1-3,5-9,11,15,22,25,35H,4,10,12-13H2,(H,30,31)/t15-,22-/m0/s1. The number of hydrogen-bond donors (Lipinski definition) is 2. The first kappa shape index (κ1) is 27.6. The number of aromatic amines is 1. The topological polar surface area (TPSA) is 121 Å². The number of nitrogens with one attached hydrogen (secondary N) is 2. The molecule has 5 heterocycles. The molecule has 6 rings (SSSR count). The highest BCUT2D eigenvalue weighted by atomic mass is 35.5. The lowest BCUT2D eigenvalue weighted by Gasteiger charge is -2.32. The van der Waals surface area contributed by atoms with Crippen LogP contribution in [0.4, 0.5) is 13.2 Å². The highest BCUT2D eigenvalue weighted by Crippen LogP contribution is 2.46. The number of halogens is 4. The van der Waals surface area contributed by atoms with E-state index < -0.39 is 34.5 Å². The molecule has 4 aromatic rings. The van der Waals surface area contributed by atoms with Crippen molar-refractivity contribution in [2.24, 2.45) is 4.99 Å². The van der Waals surface area contributed by atoms with Crippen LogP contribution < -0.4 is 4.72 Å². The van der Waals surface area contributed by atoms with E-state index in [-0.39, 0.29) is 35.9 Å². The number of sulfonamides is 1. The summed E-state index contributed by atoms with van der Waals surface area (Å²) in [5, 5.41) is 6.55. The summed E-state index contributed by atoms with van der Waals surface area (Å²) >= 11 is 7.82. The van der Waals surface area contributed by atoms with E-state index in [0.717, 1.165) is 12.3 Å². The second-order valence-corrected chi connectivity index (χ2v) is 12.6. The number of amidine groups is 1. The van der Waals surface area contributed by atoms with Crippen LogP contribution in [0.5, 0.6) is 0 Å². The molecule has 41 heavy (non-hydrogen) atoms. The SMILES string of the molecule is O=S(=O)(CCc1ncc[nH]1)N[C@H]1CC2=C(c3ccn(C(F)F)n3)[C@H](c3ccc(F)cc3Cl)N=C(c3nccs3)N2C1. The number of aliphatic imine (C=N–C) groups is 1. The van der Waals surface area contributed by atoms with Crippen molar-refractivity contribution < 1.29 is 21.6 Å². The molecule has 2 atom stereocenters. The molecule has 0 aliphatic carbocycles. The number of imidazole rings is 1. The van der Waals surface area contributed by atoms with Gasteiger partial charge in [0.25, 0.3) is 0 Å². The van der Waals surface area contributed by atoms with Crippen LogP contribution >= 0.6 is 22.9 Å². The van der Waals surface area contributed by atoms with Gasteiger partial charge in [0.2, 0.25) is 10.0 Å². The first-order valence-electron chi connectivity index (χ1n) is 12.4. The van der Waals surface area contributed by atoms with Gasteiger partial charge in [0.15, 0.2) is 10.8 Å². The molecule has 0 unspecified atom stereocenters. The second-order valence-electron chi connectivity index (χ2n) is 9.41. The molecule has 0 radical (unpaired) electrons. The number of rotatable bonds is 9. The van der Waals surface area contributed by atoms with Gasteiger partial charge >= 0.3 is 6.55 Å². The van der Waals surface area contributed by atoms with Crippen LogP contribution in [0.25, 0.3) is 5.57 Å². The Morgan fingerprint density at radius 3 is 2.76 bits per heavy atom. The third kappa shape index (κ3) is 5.66. The predicted octanol–water partition coefficient (Wildman–Crippen LogP) is 4.40. The number of hydrogen-bond acceptors (Lipinski definition) is 8. The van der Waals surface area contributed by atoms with E-state index in [1.54, 1.807) is 24.0 Å². The Hall–Kier alpha value is -3.53. The average Bonchev–Trinajstić information content (AvgIpc) is 3.73. The highest BCUT2D eigenvalue weighted by Gasteiger charge is 2.42. The normalized spacial score (nSPS) is 19.2. The Morgan fingerprint density at radius 1 is 1.22 bits per heavy atom. The second kappa shape index (κ2) is 11.0. The van der Waals surface area contributed by atoms with Crippen molar-refractivity contribution in [3.63, 3.8) is 0 Å². The van der Waals surface area contributed by atoms with Crippen LogP contribution in [0.15, 0.2) is 65.1 Å². The molecule has 0 bridgehead atoms. The van der Waals surface area contributed by atoms with Gasteiger partial charge in [-0.25, -0.2) is 32.2 Å². The number of aromatic nitrogens is 5. The minimum atomic E-state index is -3.72. The third-order valence-corrected chi connectivity index (χ3v) is 9.26. The van der Waals surface area contributed by atoms with Crippen molar-refractivity contribution >= 4 is 44.4 Å². The zero-order valence-corrected chi connectivity index (χ0v) is 23.5. The Bertz CT molecular complexity index is 1720. The van der Waals surface area contributed by atoms with Crippen molar-refractivity contribution in [3.05, 3.63) is 93.1 Å². The summed E-state index contributed by atoms with van der Waals surface area (Å²) in [4.78, 5) is 18.2.